The van der Waals surface area contributed by atoms with E-state index in [4.69, 9.17) is 10.5 Å². The van der Waals surface area contributed by atoms with E-state index in [0.717, 1.165) is 30.7 Å². The highest BCUT2D eigenvalue weighted by Crippen LogP contribution is 2.35. The minimum Gasteiger partial charge on any atom is -0.492 e. The molecule has 1 aromatic rings. The Balaban J connectivity index is 1.47. The molecular weight excluding hydrogens is 248 g/mol. The zero-order valence-corrected chi connectivity index (χ0v) is 12.4. The average molecular weight is 274 g/mol. The van der Waals surface area contributed by atoms with E-state index in [9.17, 15) is 0 Å². The second kappa shape index (κ2) is 6.15. The van der Waals surface area contributed by atoms with Gasteiger partial charge in [-0.1, -0.05) is 24.6 Å². The third kappa shape index (κ3) is 2.99. The van der Waals surface area contributed by atoms with Gasteiger partial charge in [-0.25, -0.2) is 0 Å². The van der Waals surface area contributed by atoms with Gasteiger partial charge in [0.1, 0.15) is 12.4 Å². The SMILES string of the molecule is Cc1ccccc1OCCN1CC2CCCC(N)C2C1. The number of likely N-dealkylation sites (tertiary alicyclic amines) is 1. The number of ether oxygens (including phenoxy) is 1. The number of nitrogens with zero attached hydrogens (tertiary/aromatic N) is 1. The summed E-state index contributed by atoms with van der Waals surface area (Å²) in [6.07, 6.45) is 3.90. The Bertz CT molecular complexity index is 448. The molecule has 2 aliphatic rings. The van der Waals surface area contributed by atoms with Crippen LogP contribution in [0.2, 0.25) is 0 Å². The Kier molecular flexibility index (Phi) is 4.27. The zero-order valence-electron chi connectivity index (χ0n) is 12.4. The van der Waals surface area contributed by atoms with Gasteiger partial charge in [-0.3, -0.25) is 4.90 Å². The van der Waals surface area contributed by atoms with Crippen LogP contribution in [0.15, 0.2) is 24.3 Å². The summed E-state index contributed by atoms with van der Waals surface area (Å²) in [5.41, 5.74) is 7.48. The van der Waals surface area contributed by atoms with E-state index in [-0.39, 0.29) is 0 Å². The molecule has 3 nitrogen and oxygen atoms in total. The van der Waals surface area contributed by atoms with Gasteiger partial charge in [0.15, 0.2) is 0 Å². The standard InChI is InChI=1S/C17H26N2O/c1-13-5-2-3-8-17(13)20-10-9-19-11-14-6-4-7-16(18)15(14)12-19/h2-3,5,8,14-16H,4,6-7,9-12,18H2,1H3. The molecule has 1 saturated heterocycles. The van der Waals surface area contributed by atoms with Gasteiger partial charge >= 0.3 is 0 Å². The van der Waals surface area contributed by atoms with Crippen LogP contribution >= 0.6 is 0 Å². The Hall–Kier alpha value is -1.06. The van der Waals surface area contributed by atoms with Gasteiger partial charge in [-0.15, -0.1) is 0 Å². The van der Waals surface area contributed by atoms with Crippen LogP contribution in [0.25, 0.3) is 0 Å². The molecule has 1 aliphatic carbocycles. The maximum atomic E-state index is 6.26. The van der Waals surface area contributed by atoms with Gasteiger partial charge < -0.3 is 10.5 Å². The minimum absolute atomic E-state index is 0.427. The van der Waals surface area contributed by atoms with Crippen molar-refractivity contribution >= 4 is 0 Å². The Morgan fingerprint density at radius 1 is 1.25 bits per heavy atom. The molecule has 3 unspecified atom stereocenters. The first-order valence-corrected chi connectivity index (χ1v) is 7.90. The molecule has 1 saturated carbocycles. The van der Waals surface area contributed by atoms with Gasteiger partial charge in [-0.2, -0.15) is 0 Å². The number of benzene rings is 1. The average Bonchev–Trinajstić information content (AvgIpc) is 2.85. The van der Waals surface area contributed by atoms with Crippen molar-refractivity contribution < 1.29 is 4.74 Å². The molecule has 0 spiro atoms. The summed E-state index contributed by atoms with van der Waals surface area (Å²) in [5.74, 6) is 2.57. The monoisotopic (exact) mass is 274 g/mol. The molecular formula is C17H26N2O. The summed E-state index contributed by atoms with van der Waals surface area (Å²) in [6, 6.07) is 8.66. The van der Waals surface area contributed by atoms with Crippen LogP contribution in [0, 0.1) is 18.8 Å². The van der Waals surface area contributed by atoms with Crippen molar-refractivity contribution in [3.8, 4) is 5.75 Å². The van der Waals surface area contributed by atoms with Gasteiger partial charge in [0.25, 0.3) is 0 Å². The third-order valence-corrected chi connectivity index (χ3v) is 4.99. The molecule has 3 atom stereocenters. The molecule has 0 amide bonds. The molecule has 1 aliphatic heterocycles. The smallest absolute Gasteiger partial charge is 0.122 e. The van der Waals surface area contributed by atoms with E-state index >= 15 is 0 Å². The van der Waals surface area contributed by atoms with Crippen LogP contribution < -0.4 is 10.5 Å². The highest BCUT2D eigenvalue weighted by atomic mass is 16.5. The summed E-state index contributed by atoms with van der Waals surface area (Å²) >= 11 is 0. The largest absolute Gasteiger partial charge is 0.492 e. The number of hydrogen-bond donors (Lipinski definition) is 1. The highest BCUT2D eigenvalue weighted by Gasteiger charge is 2.38. The van der Waals surface area contributed by atoms with Crippen molar-refractivity contribution in [1.29, 1.82) is 0 Å². The minimum atomic E-state index is 0.427. The summed E-state index contributed by atoms with van der Waals surface area (Å²) < 4.78 is 5.91. The molecule has 0 bridgehead atoms. The van der Waals surface area contributed by atoms with E-state index in [0.29, 0.717) is 6.04 Å². The van der Waals surface area contributed by atoms with Gasteiger partial charge in [-0.05, 0) is 43.2 Å². The van der Waals surface area contributed by atoms with Crippen LogP contribution in [0.1, 0.15) is 24.8 Å². The fourth-order valence-corrected chi connectivity index (χ4v) is 3.79. The van der Waals surface area contributed by atoms with E-state index < -0.39 is 0 Å². The number of hydrogen-bond acceptors (Lipinski definition) is 3. The Morgan fingerprint density at radius 2 is 2.10 bits per heavy atom. The van der Waals surface area contributed by atoms with E-state index in [1.165, 1.54) is 37.9 Å². The first kappa shape index (κ1) is 13.9. The van der Waals surface area contributed by atoms with Gasteiger partial charge in [0.2, 0.25) is 0 Å². The fourth-order valence-electron chi connectivity index (χ4n) is 3.79. The van der Waals surface area contributed by atoms with Gasteiger partial charge in [0, 0.05) is 25.7 Å². The lowest BCUT2D eigenvalue weighted by Gasteiger charge is -2.29. The predicted octanol–water partition coefficient (Wildman–Crippen LogP) is 2.43. The lowest BCUT2D eigenvalue weighted by atomic mass is 9.78. The lowest BCUT2D eigenvalue weighted by Crippen LogP contribution is -2.38. The molecule has 0 aromatic heterocycles. The molecule has 20 heavy (non-hydrogen) atoms. The third-order valence-electron chi connectivity index (χ3n) is 4.99. The summed E-state index contributed by atoms with van der Waals surface area (Å²) in [7, 11) is 0. The number of fused-ring (bicyclic) bond motifs is 1. The summed E-state index contributed by atoms with van der Waals surface area (Å²) in [5, 5.41) is 0. The molecule has 0 radical (unpaired) electrons. The van der Waals surface area contributed by atoms with Crippen LogP contribution in [-0.4, -0.2) is 37.2 Å². The summed E-state index contributed by atoms with van der Waals surface area (Å²) in [4.78, 5) is 2.54. The van der Waals surface area contributed by atoms with Crippen molar-refractivity contribution in [1.82, 2.24) is 4.90 Å². The van der Waals surface area contributed by atoms with Crippen LogP contribution in [0.4, 0.5) is 0 Å². The first-order chi connectivity index (χ1) is 9.74. The quantitative estimate of drug-likeness (QED) is 0.916. The number of aryl methyl sites for hydroxylation is 1. The van der Waals surface area contributed by atoms with Gasteiger partial charge in [0.05, 0.1) is 0 Å². The van der Waals surface area contributed by atoms with E-state index in [1.807, 2.05) is 6.07 Å². The number of nitrogens with two attached hydrogens (primary N) is 1. The predicted molar refractivity (Wildman–Crippen MR) is 81.9 cm³/mol. The van der Waals surface area contributed by atoms with Crippen molar-refractivity contribution in [3.63, 3.8) is 0 Å². The lowest BCUT2D eigenvalue weighted by molar-refractivity contribution is 0.229. The Labute approximate surface area is 122 Å². The topological polar surface area (TPSA) is 38.5 Å². The second-order valence-corrected chi connectivity index (χ2v) is 6.39. The molecule has 3 rings (SSSR count). The van der Waals surface area contributed by atoms with E-state index in [2.05, 4.69) is 30.0 Å². The van der Waals surface area contributed by atoms with Crippen molar-refractivity contribution in [3.05, 3.63) is 29.8 Å². The number of para-hydroxylation sites is 1. The molecule has 2 N–H and O–H groups in total. The molecule has 110 valence electrons. The maximum absolute atomic E-state index is 6.26. The number of rotatable bonds is 4. The van der Waals surface area contributed by atoms with Crippen LogP contribution in [0.3, 0.4) is 0 Å². The molecule has 3 heteroatoms. The highest BCUT2D eigenvalue weighted by molar-refractivity contribution is 5.31. The van der Waals surface area contributed by atoms with Crippen LogP contribution in [-0.2, 0) is 0 Å². The summed E-state index contributed by atoms with van der Waals surface area (Å²) in [6.45, 7) is 6.28. The van der Waals surface area contributed by atoms with Crippen molar-refractivity contribution in [2.75, 3.05) is 26.2 Å². The van der Waals surface area contributed by atoms with Crippen molar-refractivity contribution in [2.45, 2.75) is 32.2 Å². The fraction of sp³-hybridized carbons (Fsp3) is 0.647. The molecule has 1 heterocycles. The first-order valence-electron chi connectivity index (χ1n) is 7.90. The molecule has 1 aromatic carbocycles. The zero-order chi connectivity index (χ0) is 13.9. The second-order valence-electron chi connectivity index (χ2n) is 6.39. The van der Waals surface area contributed by atoms with Crippen molar-refractivity contribution in [2.24, 2.45) is 17.6 Å². The molecule has 2 fully saturated rings. The normalized spacial score (nSPS) is 30.2. The Morgan fingerprint density at radius 3 is 2.90 bits per heavy atom. The van der Waals surface area contributed by atoms with E-state index in [1.54, 1.807) is 0 Å². The maximum Gasteiger partial charge on any atom is 0.122 e. The van der Waals surface area contributed by atoms with Crippen LogP contribution in [0.5, 0.6) is 5.75 Å².